The number of nitriles is 2. The molecule has 1 amide bonds. The highest BCUT2D eigenvalue weighted by Crippen LogP contribution is 2.37. The number of ether oxygens (including phenoxy) is 2. The van der Waals surface area contributed by atoms with Gasteiger partial charge in [-0.05, 0) is 49.2 Å². The molecule has 0 saturated heterocycles. The van der Waals surface area contributed by atoms with Crippen LogP contribution in [0.1, 0.15) is 36.1 Å². The summed E-state index contributed by atoms with van der Waals surface area (Å²) in [7, 11) is 0. The molecule has 2 heterocycles. The van der Waals surface area contributed by atoms with Crippen LogP contribution in [-0.4, -0.2) is 65.4 Å². The number of carbonyl (C=O) groups excluding carboxylic acids is 2. The predicted octanol–water partition coefficient (Wildman–Crippen LogP) is 4.00. The van der Waals surface area contributed by atoms with E-state index in [9.17, 15) is 25.2 Å². The van der Waals surface area contributed by atoms with Crippen LogP contribution in [0.5, 0.6) is 5.75 Å². The van der Waals surface area contributed by atoms with Crippen molar-refractivity contribution in [1.82, 2.24) is 15.3 Å². The van der Waals surface area contributed by atoms with Crippen molar-refractivity contribution in [3.05, 3.63) is 75.8 Å². The average molecular weight is 735 g/mol. The third-order valence-electron chi connectivity index (χ3n) is 7.24. The summed E-state index contributed by atoms with van der Waals surface area (Å²) in [5.74, 6) is -0.561. The van der Waals surface area contributed by atoms with Crippen LogP contribution in [0.25, 0.3) is 21.7 Å². The molecule has 0 aliphatic carbocycles. The second-order valence-electron chi connectivity index (χ2n) is 10.8. The lowest BCUT2D eigenvalue weighted by Crippen LogP contribution is -2.50. The summed E-state index contributed by atoms with van der Waals surface area (Å²) in [4.78, 5) is 33.7. The van der Waals surface area contributed by atoms with Gasteiger partial charge in [0.25, 0.3) is 0 Å². The van der Waals surface area contributed by atoms with Gasteiger partial charge >= 0.3 is 5.97 Å². The number of amides is 1. The summed E-state index contributed by atoms with van der Waals surface area (Å²) in [6, 6.07) is 16.2. The Bertz CT molecular complexity index is 1860. The number of pyridine rings is 1. The highest BCUT2D eigenvalue weighted by Gasteiger charge is 2.25. The van der Waals surface area contributed by atoms with E-state index in [0.29, 0.717) is 52.1 Å². The number of anilines is 1. The van der Waals surface area contributed by atoms with Crippen LogP contribution >= 0.6 is 34.7 Å². The van der Waals surface area contributed by atoms with Gasteiger partial charge in [-0.25, -0.2) is 14.8 Å². The number of aliphatic hydroxyl groups is 1. The lowest BCUT2D eigenvalue weighted by molar-refractivity contribution is -0.149. The van der Waals surface area contributed by atoms with Gasteiger partial charge in [-0.1, -0.05) is 54.0 Å². The second-order valence-corrected chi connectivity index (χ2v) is 13.0. The first-order valence-electron chi connectivity index (χ1n) is 15.4. The summed E-state index contributed by atoms with van der Waals surface area (Å²) >= 11 is 8.79. The number of nitrogens with two attached hydrogens (primary N) is 3. The number of thioether (sulfide) groups is 1. The topological polar surface area (TPSA) is 236 Å². The molecular formula is C34H35ClN8O5S2. The average Bonchev–Trinajstić information content (AvgIpc) is 3.60. The van der Waals surface area contributed by atoms with Crippen LogP contribution in [0.3, 0.4) is 0 Å². The predicted molar refractivity (Wildman–Crippen MR) is 192 cm³/mol. The van der Waals surface area contributed by atoms with Crippen LogP contribution in [-0.2, 0) is 20.1 Å². The van der Waals surface area contributed by atoms with E-state index in [1.165, 1.54) is 23.1 Å². The fourth-order valence-corrected chi connectivity index (χ4v) is 6.59. The van der Waals surface area contributed by atoms with Gasteiger partial charge in [0.2, 0.25) is 5.91 Å². The Balaban J connectivity index is 1.37. The quantitative estimate of drug-likeness (QED) is 0.0587. The van der Waals surface area contributed by atoms with Crippen molar-refractivity contribution in [3.63, 3.8) is 0 Å². The number of nitrogen functional groups attached to an aromatic ring is 1. The number of unbranched alkanes of at least 4 members (excludes halogenated alkanes) is 1. The van der Waals surface area contributed by atoms with Crippen LogP contribution in [0.15, 0.2) is 58.9 Å². The van der Waals surface area contributed by atoms with E-state index in [1.807, 2.05) is 17.5 Å². The van der Waals surface area contributed by atoms with Crippen LogP contribution in [0.4, 0.5) is 5.82 Å². The molecule has 2 aromatic heterocycles. The van der Waals surface area contributed by atoms with Crippen LogP contribution in [0.2, 0.25) is 5.02 Å². The maximum Gasteiger partial charge on any atom is 0.331 e. The molecule has 0 spiro atoms. The minimum atomic E-state index is -1.27. The van der Waals surface area contributed by atoms with Crippen molar-refractivity contribution in [2.75, 3.05) is 32.1 Å². The van der Waals surface area contributed by atoms with Gasteiger partial charge in [0.05, 0.1) is 23.9 Å². The number of nitrogens with zero attached hydrogens (tertiary/aromatic N) is 4. The van der Waals surface area contributed by atoms with Crippen molar-refractivity contribution < 1.29 is 24.2 Å². The molecule has 2 aromatic carbocycles. The van der Waals surface area contributed by atoms with E-state index < -0.39 is 30.6 Å². The third-order valence-corrected chi connectivity index (χ3v) is 9.45. The molecule has 4 aromatic rings. The van der Waals surface area contributed by atoms with Crippen LogP contribution in [0, 0.1) is 22.7 Å². The van der Waals surface area contributed by atoms with Gasteiger partial charge < -0.3 is 37.1 Å². The number of thiazole rings is 1. The zero-order valence-electron chi connectivity index (χ0n) is 26.8. The van der Waals surface area contributed by atoms with E-state index in [-0.39, 0.29) is 30.2 Å². The first-order chi connectivity index (χ1) is 24.2. The van der Waals surface area contributed by atoms with Crippen molar-refractivity contribution in [2.45, 2.75) is 42.1 Å². The molecule has 0 radical (unpaired) electrons. The minimum absolute atomic E-state index is 0.00257. The summed E-state index contributed by atoms with van der Waals surface area (Å²) < 4.78 is 10.8. The second kappa shape index (κ2) is 18.9. The molecule has 4 rings (SSSR count). The van der Waals surface area contributed by atoms with Gasteiger partial charge in [0.1, 0.15) is 52.5 Å². The summed E-state index contributed by atoms with van der Waals surface area (Å²) in [6.07, 6.45) is 1.78. The maximum absolute atomic E-state index is 12.4. The fraction of sp³-hybridized carbons (Fsp3) is 0.294. The number of halogens is 1. The van der Waals surface area contributed by atoms with Crippen molar-refractivity contribution in [3.8, 4) is 39.6 Å². The number of benzene rings is 2. The van der Waals surface area contributed by atoms with Crippen molar-refractivity contribution in [1.29, 1.82) is 10.5 Å². The third kappa shape index (κ3) is 10.1. The molecule has 0 aliphatic heterocycles. The summed E-state index contributed by atoms with van der Waals surface area (Å²) in [6.45, 7) is -0.357. The molecule has 2 atom stereocenters. The molecule has 50 heavy (non-hydrogen) atoms. The first-order valence-corrected chi connectivity index (χ1v) is 17.7. The normalized spacial score (nSPS) is 12.0. The fourth-order valence-electron chi connectivity index (χ4n) is 4.65. The molecule has 0 saturated carbocycles. The molecule has 0 aliphatic rings. The zero-order chi connectivity index (χ0) is 36.0. The summed E-state index contributed by atoms with van der Waals surface area (Å²) in [5.41, 5.74) is 20.4. The number of esters is 1. The number of aliphatic hydroxyl groups excluding tert-OH is 1. The number of carbonyl (C=O) groups is 2. The Morgan fingerprint density at radius 2 is 1.72 bits per heavy atom. The van der Waals surface area contributed by atoms with Crippen LogP contribution < -0.4 is 27.3 Å². The molecule has 8 N–H and O–H groups in total. The van der Waals surface area contributed by atoms with E-state index in [0.717, 1.165) is 22.7 Å². The monoisotopic (exact) mass is 734 g/mol. The molecule has 13 nitrogen and oxygen atoms in total. The summed E-state index contributed by atoms with van der Waals surface area (Å²) in [5, 5.41) is 35.8. The van der Waals surface area contributed by atoms with Crippen molar-refractivity contribution >= 4 is 52.4 Å². The zero-order valence-corrected chi connectivity index (χ0v) is 29.2. The Morgan fingerprint density at radius 3 is 2.38 bits per heavy atom. The molecule has 16 heteroatoms. The number of aromatic nitrogens is 2. The lowest BCUT2D eigenvalue weighted by Gasteiger charge is -2.18. The van der Waals surface area contributed by atoms with Crippen molar-refractivity contribution in [2.24, 2.45) is 11.5 Å². The first kappa shape index (κ1) is 38.1. The molecule has 260 valence electrons. The maximum atomic E-state index is 12.4. The Labute approximate surface area is 302 Å². The Hall–Kier alpha value is -4.74. The molecule has 0 fully saturated rings. The molecule has 0 unspecified atom stereocenters. The van der Waals surface area contributed by atoms with Gasteiger partial charge in [0, 0.05) is 27.3 Å². The Morgan fingerprint density at radius 1 is 1.02 bits per heavy atom. The SMILES string of the molecule is N#Cc1c(N)nc(SCc2csc(-c3ccc(Cl)cc3)n2)c(C#N)c1-c1ccc(OCCOC(=O)[C@H](CO)NC(=O)[C@@H](N)CCCCN)cc1. The largest absolute Gasteiger partial charge is 0.490 e. The smallest absolute Gasteiger partial charge is 0.331 e. The van der Waals surface area contributed by atoms with E-state index in [2.05, 4.69) is 22.4 Å². The van der Waals surface area contributed by atoms with Gasteiger partial charge in [-0.2, -0.15) is 10.5 Å². The standard InChI is InChI=1S/C34H35ClN8O5S2/c35-22-8-4-21(5-9-22)32-41-23(18-49-32)19-50-33-26(16-38)29(25(15-37)30(40)43-33)20-6-10-24(11-7-20)47-13-14-48-34(46)28(17-44)42-31(45)27(39)3-1-2-12-36/h4-11,18,27-28,44H,1-3,12-14,17,19,36,39H2,(H2,40,43)(H,42,45)/t27-,28-/m0/s1. The minimum Gasteiger partial charge on any atom is -0.490 e. The van der Waals surface area contributed by atoms with Gasteiger partial charge in [-0.3, -0.25) is 4.79 Å². The number of hydrogen-bond donors (Lipinski definition) is 5. The van der Waals surface area contributed by atoms with E-state index >= 15 is 0 Å². The highest BCUT2D eigenvalue weighted by atomic mass is 35.5. The molecule has 0 bridgehead atoms. The number of hydrogen-bond acceptors (Lipinski definition) is 14. The lowest BCUT2D eigenvalue weighted by atomic mass is 9.97. The van der Waals surface area contributed by atoms with E-state index in [1.54, 1.807) is 36.4 Å². The van der Waals surface area contributed by atoms with Gasteiger partial charge in [-0.15, -0.1) is 11.3 Å². The number of nitrogens with one attached hydrogen (secondary N) is 1. The molecular weight excluding hydrogens is 700 g/mol. The highest BCUT2D eigenvalue weighted by molar-refractivity contribution is 7.98. The van der Waals surface area contributed by atoms with Gasteiger partial charge in [0.15, 0.2) is 6.04 Å². The number of rotatable bonds is 17. The van der Waals surface area contributed by atoms with E-state index in [4.69, 9.17) is 43.3 Å². The Kier molecular flexibility index (Phi) is 14.4.